The topological polar surface area (TPSA) is 38.3 Å². The van der Waals surface area contributed by atoms with Crippen LogP contribution in [0.2, 0.25) is 0 Å². The van der Waals surface area contributed by atoms with E-state index in [1.165, 1.54) is 7.11 Å². The Morgan fingerprint density at radius 1 is 1.47 bits per heavy atom. The molecule has 0 fully saturated rings. The molecule has 0 aromatic heterocycles. The second-order valence-electron chi connectivity index (χ2n) is 4.71. The first-order chi connectivity index (χ1) is 9.00. The van der Waals surface area contributed by atoms with E-state index in [-0.39, 0.29) is 12.0 Å². The molecule has 2 atom stereocenters. The van der Waals surface area contributed by atoms with E-state index >= 15 is 0 Å². The smallest absolute Gasteiger partial charge is 0.330 e. The highest BCUT2D eigenvalue weighted by molar-refractivity contribution is 9.10. The number of rotatable bonds is 6. The molecule has 19 heavy (non-hydrogen) atoms. The average molecular weight is 328 g/mol. The molecule has 0 saturated heterocycles. The lowest BCUT2D eigenvalue weighted by atomic mass is 9.86. The third kappa shape index (κ3) is 3.57. The molecule has 1 N–H and O–H groups in total. The molecule has 3 nitrogen and oxygen atoms in total. The van der Waals surface area contributed by atoms with Crippen LogP contribution in [0.5, 0.6) is 0 Å². The predicted octanol–water partition coefficient (Wildman–Crippen LogP) is 3.62. The number of nitrogens with one attached hydrogen (secondary N) is 1. The Bertz CT molecular complexity index is 436. The van der Waals surface area contributed by atoms with Gasteiger partial charge in [-0.2, -0.15) is 0 Å². The highest BCUT2D eigenvalue weighted by Crippen LogP contribution is 2.29. The molecule has 0 aliphatic carbocycles. The van der Waals surface area contributed by atoms with Gasteiger partial charge in [0.2, 0.25) is 0 Å². The van der Waals surface area contributed by atoms with E-state index in [0.717, 1.165) is 16.5 Å². The molecule has 0 radical (unpaired) electrons. The van der Waals surface area contributed by atoms with Crippen molar-refractivity contribution in [2.75, 3.05) is 7.11 Å². The van der Waals surface area contributed by atoms with Crippen LogP contribution in [-0.4, -0.2) is 19.1 Å². The number of ether oxygens (including phenoxy) is 1. The first-order valence-electron chi connectivity index (χ1n) is 6.62. The summed E-state index contributed by atoms with van der Waals surface area (Å²) in [5, 5.41) is 3.43. The summed E-state index contributed by atoms with van der Waals surface area (Å²) >= 11 is 3.46. The molecule has 0 bridgehead atoms. The van der Waals surface area contributed by atoms with Crippen molar-refractivity contribution in [1.29, 1.82) is 0 Å². The molecule has 0 spiro atoms. The Hall–Kier alpha value is -0.870. The van der Waals surface area contributed by atoms with Crippen LogP contribution < -0.4 is 5.32 Å². The first kappa shape index (κ1) is 16.2. The van der Waals surface area contributed by atoms with E-state index in [0.29, 0.717) is 6.42 Å². The summed E-state index contributed by atoms with van der Waals surface area (Å²) in [6.45, 7) is 6.16. The van der Waals surface area contributed by atoms with Crippen LogP contribution in [0, 0.1) is 0 Å². The molecule has 1 aromatic carbocycles. The van der Waals surface area contributed by atoms with Crippen LogP contribution in [0.1, 0.15) is 39.2 Å². The molecular formula is C15H22BrNO2. The molecule has 0 aliphatic rings. The standard InChI is InChI=1S/C15H22BrNO2/c1-5-11(3)17-15(6-2,14(18)19-4)12-8-7-9-13(16)10-12/h7-11,17H,5-6H2,1-4H3. The molecule has 1 rings (SSSR count). The third-order valence-corrected chi connectivity index (χ3v) is 3.98. The van der Waals surface area contributed by atoms with Crippen molar-refractivity contribution in [2.45, 2.75) is 45.2 Å². The Morgan fingerprint density at radius 3 is 2.63 bits per heavy atom. The minimum absolute atomic E-state index is 0.234. The molecule has 0 amide bonds. The maximum absolute atomic E-state index is 12.3. The van der Waals surface area contributed by atoms with Gasteiger partial charge in [0.1, 0.15) is 5.54 Å². The summed E-state index contributed by atoms with van der Waals surface area (Å²) in [6.07, 6.45) is 1.59. The van der Waals surface area contributed by atoms with E-state index in [9.17, 15) is 4.79 Å². The molecule has 4 heteroatoms. The van der Waals surface area contributed by atoms with Gasteiger partial charge in [0.25, 0.3) is 0 Å². The van der Waals surface area contributed by atoms with Crippen molar-refractivity contribution >= 4 is 21.9 Å². The zero-order chi connectivity index (χ0) is 14.5. The lowest BCUT2D eigenvalue weighted by Crippen LogP contribution is -2.52. The minimum atomic E-state index is -0.784. The summed E-state index contributed by atoms with van der Waals surface area (Å²) in [6, 6.07) is 8.05. The van der Waals surface area contributed by atoms with Gasteiger partial charge in [0.15, 0.2) is 0 Å². The summed E-state index contributed by atoms with van der Waals surface area (Å²) < 4.78 is 5.99. The number of methoxy groups -OCH3 is 1. The maximum atomic E-state index is 12.3. The van der Waals surface area contributed by atoms with E-state index < -0.39 is 5.54 Å². The van der Waals surface area contributed by atoms with Crippen LogP contribution >= 0.6 is 15.9 Å². The number of esters is 1. The zero-order valence-electron chi connectivity index (χ0n) is 12.0. The van der Waals surface area contributed by atoms with E-state index in [1.54, 1.807) is 0 Å². The van der Waals surface area contributed by atoms with Gasteiger partial charge in [0.05, 0.1) is 7.11 Å². The van der Waals surface area contributed by atoms with Gasteiger partial charge in [0, 0.05) is 10.5 Å². The number of hydrogen-bond acceptors (Lipinski definition) is 3. The molecule has 106 valence electrons. The van der Waals surface area contributed by atoms with Crippen molar-refractivity contribution < 1.29 is 9.53 Å². The highest BCUT2D eigenvalue weighted by atomic mass is 79.9. The van der Waals surface area contributed by atoms with Crippen LogP contribution in [0.15, 0.2) is 28.7 Å². The molecule has 0 aliphatic heterocycles. The Morgan fingerprint density at radius 2 is 2.16 bits per heavy atom. The third-order valence-electron chi connectivity index (χ3n) is 3.49. The number of carbonyl (C=O) groups is 1. The normalized spacial score (nSPS) is 15.6. The van der Waals surface area contributed by atoms with Crippen molar-refractivity contribution in [1.82, 2.24) is 5.32 Å². The lowest BCUT2D eigenvalue weighted by molar-refractivity contribution is -0.149. The fourth-order valence-corrected chi connectivity index (χ4v) is 2.56. The Labute approximate surface area is 123 Å². The SMILES string of the molecule is CCC(C)NC(CC)(C(=O)OC)c1cccc(Br)c1. The number of carbonyl (C=O) groups excluding carboxylic acids is 1. The van der Waals surface area contributed by atoms with Gasteiger partial charge >= 0.3 is 5.97 Å². The summed E-state index contributed by atoms with van der Waals surface area (Å²) in [7, 11) is 1.43. The number of benzene rings is 1. The number of hydrogen-bond donors (Lipinski definition) is 1. The predicted molar refractivity (Wildman–Crippen MR) is 81.0 cm³/mol. The van der Waals surface area contributed by atoms with Crippen molar-refractivity contribution in [3.8, 4) is 0 Å². The van der Waals surface area contributed by atoms with Crippen LogP contribution in [-0.2, 0) is 15.1 Å². The Balaban J connectivity index is 3.27. The fraction of sp³-hybridized carbons (Fsp3) is 0.533. The van der Waals surface area contributed by atoms with Gasteiger partial charge < -0.3 is 4.74 Å². The molecule has 0 heterocycles. The second kappa shape index (κ2) is 7.06. The number of halogens is 1. The molecule has 2 unspecified atom stereocenters. The van der Waals surface area contributed by atoms with E-state index in [2.05, 4.69) is 35.1 Å². The quantitative estimate of drug-likeness (QED) is 0.811. The van der Waals surface area contributed by atoms with Crippen molar-refractivity contribution in [2.24, 2.45) is 0 Å². The summed E-state index contributed by atoms with van der Waals surface area (Å²) in [4.78, 5) is 12.3. The first-order valence-corrected chi connectivity index (χ1v) is 7.41. The van der Waals surface area contributed by atoms with E-state index in [4.69, 9.17) is 4.74 Å². The molecular weight excluding hydrogens is 306 g/mol. The monoisotopic (exact) mass is 327 g/mol. The van der Waals surface area contributed by atoms with Crippen LogP contribution in [0.4, 0.5) is 0 Å². The maximum Gasteiger partial charge on any atom is 0.330 e. The lowest BCUT2D eigenvalue weighted by Gasteiger charge is -2.34. The molecule has 0 saturated carbocycles. The summed E-state index contributed by atoms with van der Waals surface area (Å²) in [5.74, 6) is -0.242. The van der Waals surface area contributed by atoms with Crippen molar-refractivity contribution in [3.63, 3.8) is 0 Å². The van der Waals surface area contributed by atoms with Crippen molar-refractivity contribution in [3.05, 3.63) is 34.3 Å². The fourth-order valence-electron chi connectivity index (χ4n) is 2.16. The van der Waals surface area contributed by atoms with Gasteiger partial charge in [-0.05, 0) is 37.5 Å². The highest BCUT2D eigenvalue weighted by Gasteiger charge is 2.40. The second-order valence-corrected chi connectivity index (χ2v) is 5.63. The van der Waals surface area contributed by atoms with E-state index in [1.807, 2.05) is 31.2 Å². The van der Waals surface area contributed by atoms with Gasteiger partial charge in [-0.3, -0.25) is 5.32 Å². The van der Waals surface area contributed by atoms with Crippen LogP contribution in [0.25, 0.3) is 0 Å². The largest absolute Gasteiger partial charge is 0.467 e. The Kier molecular flexibility index (Phi) is 6.01. The molecule has 1 aromatic rings. The average Bonchev–Trinajstić information content (AvgIpc) is 2.43. The minimum Gasteiger partial charge on any atom is -0.467 e. The van der Waals surface area contributed by atoms with Gasteiger partial charge in [-0.15, -0.1) is 0 Å². The zero-order valence-corrected chi connectivity index (χ0v) is 13.6. The summed E-state index contributed by atoms with van der Waals surface area (Å²) in [5.41, 5.74) is 0.144. The van der Waals surface area contributed by atoms with Gasteiger partial charge in [-0.1, -0.05) is 41.9 Å². The van der Waals surface area contributed by atoms with Crippen LogP contribution in [0.3, 0.4) is 0 Å². The van der Waals surface area contributed by atoms with Gasteiger partial charge in [-0.25, -0.2) is 4.79 Å².